The van der Waals surface area contributed by atoms with E-state index < -0.39 is 17.2 Å². The van der Waals surface area contributed by atoms with Crippen LogP contribution in [0.15, 0.2) is 47.6 Å². The number of hydrogen-bond acceptors (Lipinski definition) is 3. The number of benzene rings is 2. The minimum atomic E-state index is -0.589. The number of aryl methyl sites for hydroxylation is 1. The Morgan fingerprint density at radius 3 is 2.70 bits per heavy atom. The predicted octanol–water partition coefficient (Wildman–Crippen LogP) is 5.02. The van der Waals surface area contributed by atoms with Gasteiger partial charge in [-0.15, -0.1) is 0 Å². The van der Waals surface area contributed by atoms with Crippen LogP contribution in [0.2, 0.25) is 0 Å². The summed E-state index contributed by atoms with van der Waals surface area (Å²) in [6.07, 6.45) is 3.59. The second-order valence-corrected chi connectivity index (χ2v) is 7.39. The molecule has 0 amide bonds. The molecule has 4 rings (SSSR count). The normalized spacial score (nSPS) is 23.8. The Labute approximate surface area is 158 Å². The summed E-state index contributed by atoms with van der Waals surface area (Å²) < 4.78 is 33.3. The molecule has 1 heterocycles. The van der Waals surface area contributed by atoms with E-state index >= 15 is 0 Å². The van der Waals surface area contributed by atoms with Gasteiger partial charge in [-0.05, 0) is 37.0 Å². The van der Waals surface area contributed by atoms with E-state index in [2.05, 4.69) is 23.4 Å². The fourth-order valence-corrected chi connectivity index (χ4v) is 4.03. The molecule has 2 aromatic rings. The molecule has 5 heteroatoms. The Kier molecular flexibility index (Phi) is 4.96. The van der Waals surface area contributed by atoms with Crippen LogP contribution in [0.4, 0.5) is 8.78 Å². The van der Waals surface area contributed by atoms with Crippen LogP contribution in [0, 0.1) is 17.6 Å². The van der Waals surface area contributed by atoms with Gasteiger partial charge in [0.2, 0.25) is 0 Å². The lowest BCUT2D eigenvalue weighted by molar-refractivity contribution is -0.121. The van der Waals surface area contributed by atoms with Gasteiger partial charge in [0.05, 0.1) is 18.9 Å². The van der Waals surface area contributed by atoms with Crippen molar-refractivity contribution < 1.29 is 18.4 Å². The number of hydrogen-bond donors (Lipinski definition) is 0. The summed E-state index contributed by atoms with van der Waals surface area (Å²) in [5, 5.41) is 4.47. The first-order valence-corrected chi connectivity index (χ1v) is 9.47. The molecule has 3 nitrogen and oxygen atoms in total. The third-order valence-electron chi connectivity index (χ3n) is 5.72. The van der Waals surface area contributed by atoms with Gasteiger partial charge in [-0.2, -0.15) is 0 Å². The van der Waals surface area contributed by atoms with Crippen LogP contribution in [0.1, 0.15) is 42.9 Å². The fourth-order valence-electron chi connectivity index (χ4n) is 4.03. The topological polar surface area (TPSA) is 30.8 Å². The molecule has 2 unspecified atom stereocenters. The zero-order valence-electron chi connectivity index (χ0n) is 15.4. The summed E-state index contributed by atoms with van der Waals surface area (Å²) in [6.45, 7) is 2.17. The summed E-state index contributed by atoms with van der Waals surface area (Å²) >= 11 is 0. The van der Waals surface area contributed by atoms with Gasteiger partial charge in [-0.1, -0.05) is 42.4 Å². The maximum absolute atomic E-state index is 13.8. The summed E-state index contributed by atoms with van der Waals surface area (Å²) in [5.41, 5.74) is 2.90. The Morgan fingerprint density at radius 1 is 1.15 bits per heavy atom. The maximum atomic E-state index is 13.8. The van der Waals surface area contributed by atoms with Crippen molar-refractivity contribution in [2.75, 3.05) is 6.61 Å². The Balaban J connectivity index is 1.48. The standard InChI is InChI=1S/C22H23F2NO2/c1-2-22(14-26-13-18-19(23)8-5-9-20(18)24)12-16-11-10-15-6-3-4-7-17(15)21(16)25-27-22/h3-9,16H,2,10-14H2,1H3. The average Bonchev–Trinajstić information content (AvgIpc) is 2.70. The summed E-state index contributed by atoms with van der Waals surface area (Å²) in [5.74, 6) is -0.856. The van der Waals surface area contributed by atoms with E-state index in [1.807, 2.05) is 13.0 Å². The second-order valence-electron chi connectivity index (χ2n) is 7.39. The zero-order chi connectivity index (χ0) is 18.9. The molecule has 27 heavy (non-hydrogen) atoms. The molecular formula is C22H23F2NO2. The van der Waals surface area contributed by atoms with E-state index in [1.165, 1.54) is 29.3 Å². The van der Waals surface area contributed by atoms with Crippen molar-refractivity contribution in [2.45, 2.75) is 44.8 Å². The van der Waals surface area contributed by atoms with Crippen molar-refractivity contribution in [3.8, 4) is 0 Å². The van der Waals surface area contributed by atoms with Crippen LogP contribution in [0.5, 0.6) is 0 Å². The van der Waals surface area contributed by atoms with Gasteiger partial charge in [-0.25, -0.2) is 8.78 Å². The molecule has 2 atom stereocenters. The minimum Gasteiger partial charge on any atom is -0.386 e. The van der Waals surface area contributed by atoms with Crippen molar-refractivity contribution in [2.24, 2.45) is 11.1 Å². The molecule has 0 saturated carbocycles. The Morgan fingerprint density at radius 2 is 1.93 bits per heavy atom. The van der Waals surface area contributed by atoms with Gasteiger partial charge in [0, 0.05) is 23.5 Å². The zero-order valence-corrected chi connectivity index (χ0v) is 15.4. The fraction of sp³-hybridized carbons (Fsp3) is 0.409. The van der Waals surface area contributed by atoms with Crippen molar-refractivity contribution in [3.05, 3.63) is 70.8 Å². The smallest absolute Gasteiger partial charge is 0.161 e. The lowest BCUT2D eigenvalue weighted by Crippen LogP contribution is -2.44. The first kappa shape index (κ1) is 18.1. The predicted molar refractivity (Wildman–Crippen MR) is 99.5 cm³/mol. The van der Waals surface area contributed by atoms with Crippen molar-refractivity contribution in [1.29, 1.82) is 0 Å². The molecule has 1 aliphatic carbocycles. The first-order valence-electron chi connectivity index (χ1n) is 9.47. The van der Waals surface area contributed by atoms with Gasteiger partial charge in [0.15, 0.2) is 5.60 Å². The first-order chi connectivity index (χ1) is 13.1. The number of halogens is 2. The number of ether oxygens (including phenoxy) is 1. The highest BCUT2D eigenvalue weighted by Gasteiger charge is 2.42. The molecular weight excluding hydrogens is 348 g/mol. The Hall–Kier alpha value is -2.27. The number of nitrogens with zero attached hydrogens (tertiary/aromatic N) is 1. The van der Waals surface area contributed by atoms with E-state index in [1.54, 1.807) is 0 Å². The van der Waals surface area contributed by atoms with Gasteiger partial charge < -0.3 is 9.57 Å². The Bertz CT molecular complexity index is 847. The second kappa shape index (κ2) is 7.39. The van der Waals surface area contributed by atoms with E-state index in [0.29, 0.717) is 5.92 Å². The van der Waals surface area contributed by atoms with E-state index in [9.17, 15) is 8.78 Å². The lowest BCUT2D eigenvalue weighted by atomic mass is 9.75. The SMILES string of the molecule is CCC1(COCc2c(F)cccc2F)CC2CCc3ccccc3C2=NO1. The van der Waals surface area contributed by atoms with Crippen molar-refractivity contribution in [3.63, 3.8) is 0 Å². The van der Waals surface area contributed by atoms with Crippen LogP contribution < -0.4 is 0 Å². The number of oxime groups is 1. The van der Waals surface area contributed by atoms with Gasteiger partial charge in [-0.3, -0.25) is 0 Å². The third kappa shape index (κ3) is 3.48. The van der Waals surface area contributed by atoms with E-state index in [-0.39, 0.29) is 18.8 Å². The minimum absolute atomic E-state index is 0.0460. The van der Waals surface area contributed by atoms with Gasteiger partial charge in [0.1, 0.15) is 11.6 Å². The molecule has 0 fully saturated rings. The highest BCUT2D eigenvalue weighted by molar-refractivity contribution is 6.04. The molecule has 0 spiro atoms. The van der Waals surface area contributed by atoms with Crippen LogP contribution in [0.3, 0.4) is 0 Å². The summed E-state index contributed by atoms with van der Waals surface area (Å²) in [4.78, 5) is 5.91. The number of rotatable bonds is 5. The quantitative estimate of drug-likeness (QED) is 0.739. The molecule has 2 aliphatic rings. The van der Waals surface area contributed by atoms with Crippen molar-refractivity contribution >= 4 is 5.71 Å². The van der Waals surface area contributed by atoms with Gasteiger partial charge >= 0.3 is 0 Å². The third-order valence-corrected chi connectivity index (χ3v) is 5.72. The molecule has 0 saturated heterocycles. The monoisotopic (exact) mass is 371 g/mol. The molecule has 0 radical (unpaired) electrons. The van der Waals surface area contributed by atoms with Crippen LogP contribution in [-0.4, -0.2) is 17.9 Å². The van der Waals surface area contributed by atoms with Crippen LogP contribution in [0.25, 0.3) is 0 Å². The molecule has 1 aliphatic heterocycles. The largest absolute Gasteiger partial charge is 0.386 e. The van der Waals surface area contributed by atoms with Gasteiger partial charge in [0.25, 0.3) is 0 Å². The lowest BCUT2D eigenvalue weighted by Gasteiger charge is -2.40. The van der Waals surface area contributed by atoms with E-state index in [4.69, 9.17) is 9.57 Å². The highest BCUT2D eigenvalue weighted by atomic mass is 19.1. The summed E-state index contributed by atoms with van der Waals surface area (Å²) in [6, 6.07) is 12.1. The van der Waals surface area contributed by atoms with Crippen molar-refractivity contribution in [1.82, 2.24) is 0 Å². The summed E-state index contributed by atoms with van der Waals surface area (Å²) in [7, 11) is 0. The molecule has 0 aromatic heterocycles. The molecule has 0 bridgehead atoms. The molecule has 0 N–H and O–H groups in total. The van der Waals surface area contributed by atoms with Crippen LogP contribution >= 0.6 is 0 Å². The average molecular weight is 371 g/mol. The molecule has 142 valence electrons. The van der Waals surface area contributed by atoms with Crippen LogP contribution in [-0.2, 0) is 22.6 Å². The maximum Gasteiger partial charge on any atom is 0.161 e. The number of fused-ring (bicyclic) bond motifs is 3. The molecule has 2 aromatic carbocycles. The van der Waals surface area contributed by atoms with E-state index in [0.717, 1.165) is 31.4 Å². The highest BCUT2D eigenvalue weighted by Crippen LogP contribution is 2.38.